The van der Waals surface area contributed by atoms with Crippen molar-refractivity contribution in [3.8, 4) is 0 Å². The number of unbranched alkanes of at least 4 members (excludes halogenated alkanes) is 2. The number of carboxylic acids is 1. The van der Waals surface area contributed by atoms with Gasteiger partial charge in [0.2, 0.25) is 5.91 Å². The Morgan fingerprint density at radius 3 is 2.47 bits per heavy atom. The third kappa shape index (κ3) is 4.21. The molecule has 1 aliphatic rings. The lowest BCUT2D eigenvalue weighted by atomic mass is 9.82. The molecule has 2 atom stereocenters. The highest BCUT2D eigenvalue weighted by molar-refractivity contribution is 5.84. The number of hydrogen-bond acceptors (Lipinski definition) is 3. The van der Waals surface area contributed by atoms with E-state index < -0.39 is 17.8 Å². The van der Waals surface area contributed by atoms with Crippen LogP contribution < -0.4 is 10.4 Å². The first-order valence-corrected chi connectivity index (χ1v) is 6.30. The molecule has 0 aromatic rings. The van der Waals surface area contributed by atoms with Crippen LogP contribution in [0.1, 0.15) is 39.0 Å². The fourth-order valence-electron chi connectivity index (χ4n) is 2.08. The van der Waals surface area contributed by atoms with E-state index in [1.54, 1.807) is 6.08 Å². The summed E-state index contributed by atoms with van der Waals surface area (Å²) in [6.45, 7) is 2.73. The number of amides is 1. The molecular weight excluding hydrogens is 218 g/mol. The van der Waals surface area contributed by atoms with Gasteiger partial charge in [-0.3, -0.25) is 4.79 Å². The number of hydrogen-bond donors (Lipinski definition) is 1. The van der Waals surface area contributed by atoms with Crippen molar-refractivity contribution in [1.82, 2.24) is 5.32 Å². The molecule has 0 aromatic carbocycles. The van der Waals surface area contributed by atoms with Crippen LogP contribution in [0.25, 0.3) is 0 Å². The monoisotopic (exact) mass is 238 g/mol. The largest absolute Gasteiger partial charge is 0.550 e. The lowest BCUT2D eigenvalue weighted by molar-refractivity contribution is -0.313. The summed E-state index contributed by atoms with van der Waals surface area (Å²) >= 11 is 0. The molecule has 0 spiro atoms. The van der Waals surface area contributed by atoms with E-state index in [2.05, 4.69) is 12.2 Å². The molecule has 1 N–H and O–H groups in total. The van der Waals surface area contributed by atoms with Crippen LogP contribution >= 0.6 is 0 Å². The van der Waals surface area contributed by atoms with Gasteiger partial charge < -0.3 is 15.2 Å². The molecule has 0 heterocycles. The van der Waals surface area contributed by atoms with Crippen molar-refractivity contribution in [3.63, 3.8) is 0 Å². The van der Waals surface area contributed by atoms with Gasteiger partial charge >= 0.3 is 0 Å². The molecule has 0 aliphatic heterocycles. The first-order valence-electron chi connectivity index (χ1n) is 6.30. The van der Waals surface area contributed by atoms with E-state index >= 15 is 0 Å². The van der Waals surface area contributed by atoms with Crippen molar-refractivity contribution >= 4 is 11.9 Å². The van der Waals surface area contributed by atoms with E-state index in [0.29, 0.717) is 19.4 Å². The van der Waals surface area contributed by atoms with E-state index in [4.69, 9.17) is 0 Å². The summed E-state index contributed by atoms with van der Waals surface area (Å²) < 4.78 is 0. The number of allylic oxidation sites excluding steroid dienone is 2. The van der Waals surface area contributed by atoms with Gasteiger partial charge in [0, 0.05) is 24.3 Å². The van der Waals surface area contributed by atoms with Crippen LogP contribution in [0, 0.1) is 11.8 Å². The van der Waals surface area contributed by atoms with Crippen molar-refractivity contribution in [3.05, 3.63) is 12.2 Å². The van der Waals surface area contributed by atoms with Gasteiger partial charge in [-0.2, -0.15) is 0 Å². The molecule has 17 heavy (non-hydrogen) atoms. The van der Waals surface area contributed by atoms with E-state index in [1.807, 2.05) is 6.08 Å². The second kappa shape index (κ2) is 7.09. The highest BCUT2D eigenvalue weighted by atomic mass is 16.4. The van der Waals surface area contributed by atoms with Crippen LogP contribution in [0.4, 0.5) is 0 Å². The maximum atomic E-state index is 11.8. The minimum atomic E-state index is -1.12. The molecule has 0 radical (unpaired) electrons. The summed E-state index contributed by atoms with van der Waals surface area (Å²) in [6.07, 6.45) is 7.70. The van der Waals surface area contributed by atoms with E-state index in [-0.39, 0.29) is 5.91 Å². The van der Waals surface area contributed by atoms with Crippen molar-refractivity contribution in [2.45, 2.75) is 39.0 Å². The van der Waals surface area contributed by atoms with Crippen LogP contribution in [0.5, 0.6) is 0 Å². The highest BCUT2D eigenvalue weighted by Gasteiger charge is 2.29. The predicted octanol–water partition coefficient (Wildman–Crippen LogP) is 0.625. The minimum Gasteiger partial charge on any atom is -0.550 e. The Morgan fingerprint density at radius 2 is 1.88 bits per heavy atom. The molecule has 96 valence electrons. The Hall–Kier alpha value is -1.32. The normalized spacial score (nSPS) is 23.4. The fraction of sp³-hybridized carbons (Fsp3) is 0.692. The van der Waals surface area contributed by atoms with E-state index in [0.717, 1.165) is 19.3 Å². The summed E-state index contributed by atoms with van der Waals surface area (Å²) in [7, 11) is 0. The second-order valence-electron chi connectivity index (χ2n) is 4.47. The molecule has 0 unspecified atom stereocenters. The molecule has 4 nitrogen and oxygen atoms in total. The van der Waals surface area contributed by atoms with Crippen LogP contribution in [0.2, 0.25) is 0 Å². The summed E-state index contributed by atoms with van der Waals surface area (Å²) in [5.74, 6) is -2.42. The first-order chi connectivity index (χ1) is 8.16. The summed E-state index contributed by atoms with van der Waals surface area (Å²) in [5, 5.41) is 13.7. The number of carboxylic acid groups (broad SMARTS) is 1. The van der Waals surface area contributed by atoms with Crippen LogP contribution in [0.3, 0.4) is 0 Å². The summed E-state index contributed by atoms with van der Waals surface area (Å²) in [5.41, 5.74) is 0. The van der Waals surface area contributed by atoms with Gasteiger partial charge in [0.15, 0.2) is 0 Å². The average molecular weight is 238 g/mol. The minimum absolute atomic E-state index is 0.153. The Kier molecular flexibility index (Phi) is 5.73. The van der Waals surface area contributed by atoms with Crippen molar-refractivity contribution in [2.75, 3.05) is 6.54 Å². The Labute approximate surface area is 102 Å². The van der Waals surface area contributed by atoms with Crippen molar-refractivity contribution < 1.29 is 14.7 Å². The highest BCUT2D eigenvalue weighted by Crippen LogP contribution is 2.25. The second-order valence-corrected chi connectivity index (χ2v) is 4.47. The Bertz CT molecular complexity index is 299. The third-order valence-corrected chi connectivity index (χ3v) is 3.15. The van der Waals surface area contributed by atoms with Gasteiger partial charge in [0.25, 0.3) is 0 Å². The van der Waals surface area contributed by atoms with E-state index in [1.165, 1.54) is 0 Å². The Balaban J connectivity index is 2.43. The third-order valence-electron chi connectivity index (χ3n) is 3.15. The van der Waals surface area contributed by atoms with Gasteiger partial charge in [0.1, 0.15) is 0 Å². The lowest BCUT2D eigenvalue weighted by Gasteiger charge is -2.28. The van der Waals surface area contributed by atoms with Gasteiger partial charge in [-0.25, -0.2) is 0 Å². The quantitative estimate of drug-likeness (QED) is 0.545. The zero-order valence-electron chi connectivity index (χ0n) is 10.3. The topological polar surface area (TPSA) is 69.2 Å². The summed E-state index contributed by atoms with van der Waals surface area (Å²) in [4.78, 5) is 22.8. The smallest absolute Gasteiger partial charge is 0.224 e. The number of aliphatic carboxylic acids is 1. The van der Waals surface area contributed by atoms with Crippen LogP contribution in [-0.4, -0.2) is 18.4 Å². The van der Waals surface area contributed by atoms with Gasteiger partial charge in [-0.1, -0.05) is 31.9 Å². The van der Waals surface area contributed by atoms with E-state index in [9.17, 15) is 14.7 Å². The zero-order chi connectivity index (χ0) is 12.7. The molecule has 1 amide bonds. The molecule has 4 heteroatoms. The molecule has 0 bridgehead atoms. The fourth-order valence-corrected chi connectivity index (χ4v) is 2.08. The van der Waals surface area contributed by atoms with Gasteiger partial charge in [-0.05, 0) is 19.3 Å². The molecule has 0 fully saturated rings. The summed E-state index contributed by atoms with van der Waals surface area (Å²) in [6, 6.07) is 0. The average Bonchev–Trinajstić information content (AvgIpc) is 2.34. The van der Waals surface area contributed by atoms with Crippen LogP contribution in [-0.2, 0) is 9.59 Å². The molecule has 1 rings (SSSR count). The van der Waals surface area contributed by atoms with Gasteiger partial charge in [-0.15, -0.1) is 0 Å². The SMILES string of the molecule is CCCCCNC(=O)[C@H]1CC=CC[C@@H]1C(=O)[O-]. The molecule has 1 aliphatic carbocycles. The molecule has 0 saturated heterocycles. The Morgan fingerprint density at radius 1 is 1.24 bits per heavy atom. The number of carbonyl (C=O) groups is 2. The predicted molar refractivity (Wildman–Crippen MR) is 62.9 cm³/mol. The number of carbonyl (C=O) groups excluding carboxylic acids is 2. The maximum Gasteiger partial charge on any atom is 0.224 e. The maximum absolute atomic E-state index is 11.8. The standard InChI is InChI=1S/C13H21NO3/c1-2-3-6-9-14-12(15)10-7-4-5-8-11(10)13(16)17/h4-5,10-11H,2-3,6-9H2,1H3,(H,14,15)(H,16,17)/p-1/t10-,11-/m0/s1. The van der Waals surface area contributed by atoms with Gasteiger partial charge in [0.05, 0.1) is 0 Å². The molecular formula is C13H20NO3-. The molecule has 0 aromatic heterocycles. The van der Waals surface area contributed by atoms with Crippen LogP contribution in [0.15, 0.2) is 12.2 Å². The first kappa shape index (κ1) is 13.7. The number of nitrogens with one attached hydrogen (secondary N) is 1. The zero-order valence-corrected chi connectivity index (χ0v) is 10.3. The number of rotatable bonds is 6. The van der Waals surface area contributed by atoms with Crippen molar-refractivity contribution in [1.29, 1.82) is 0 Å². The van der Waals surface area contributed by atoms with Crippen molar-refractivity contribution in [2.24, 2.45) is 11.8 Å². The molecule has 0 saturated carbocycles. The lowest BCUT2D eigenvalue weighted by Crippen LogP contribution is -2.43.